The molecule has 0 radical (unpaired) electrons. The lowest BCUT2D eigenvalue weighted by Crippen LogP contribution is -2.48. The van der Waals surface area contributed by atoms with E-state index in [0.717, 1.165) is 54.7 Å². The zero-order chi connectivity index (χ0) is 32.1. The summed E-state index contributed by atoms with van der Waals surface area (Å²) in [5, 5.41) is 12.6. The topological polar surface area (TPSA) is 142 Å². The molecule has 0 spiro atoms. The number of nitrogens with zero attached hydrogens (tertiary/aromatic N) is 5. The van der Waals surface area contributed by atoms with E-state index in [1.54, 1.807) is 4.90 Å². The Kier molecular flexibility index (Phi) is 6.77. The third-order valence-electron chi connectivity index (χ3n) is 9.55. The molecule has 4 N–H and O–H groups in total. The molecule has 0 unspecified atom stereocenters. The number of benzene rings is 1. The number of likely N-dealkylation sites (tertiary alicyclic amines) is 1. The monoisotopic (exact) mass is 676 g/mol. The van der Waals surface area contributed by atoms with Gasteiger partial charge in [0.25, 0.3) is 5.91 Å². The largest absolute Gasteiger partial charge is 0.465 e. The second-order valence-electron chi connectivity index (χ2n) is 12.7. The van der Waals surface area contributed by atoms with Gasteiger partial charge >= 0.3 is 12.3 Å². The molecule has 16 heteroatoms. The van der Waals surface area contributed by atoms with Gasteiger partial charge in [-0.1, -0.05) is 0 Å². The second-order valence-corrected chi connectivity index (χ2v) is 15.9. The third kappa shape index (κ3) is 5.15. The van der Waals surface area contributed by atoms with Gasteiger partial charge in [-0.3, -0.25) is 13.9 Å². The molecular weight excluding hydrogens is 645 g/mol. The number of nitrogens with one attached hydrogen (secondary N) is 1. The van der Waals surface area contributed by atoms with E-state index in [-0.39, 0.29) is 56.9 Å². The molecule has 5 heterocycles. The molecule has 3 aliphatic heterocycles. The normalized spacial score (nSPS) is 24.6. The summed E-state index contributed by atoms with van der Waals surface area (Å²) in [5.41, 5.74) is 1.10. The van der Waals surface area contributed by atoms with Gasteiger partial charge < -0.3 is 25.1 Å². The fraction of sp³-hybridized carbons (Fsp3) is 0.467. The second kappa shape index (κ2) is 10.5. The van der Waals surface area contributed by atoms with Crippen LogP contribution < -0.4 is 10.2 Å². The lowest BCUT2D eigenvalue weighted by Gasteiger charge is -2.34. The molecule has 3 aromatic rings. The minimum atomic E-state index is -4.80. The maximum absolute atomic E-state index is 14.2. The lowest BCUT2D eigenvalue weighted by molar-refractivity contribution is -0.137. The Morgan fingerprint density at radius 2 is 1.83 bits per heavy atom. The van der Waals surface area contributed by atoms with Crippen LogP contribution in [0.3, 0.4) is 0 Å². The summed E-state index contributed by atoms with van der Waals surface area (Å²) in [6.07, 6.45) is -0.656. The first-order valence-electron chi connectivity index (χ1n) is 15.2. The van der Waals surface area contributed by atoms with Crippen molar-refractivity contribution in [2.75, 3.05) is 35.6 Å². The number of hydrogen-bond donors (Lipinski definition) is 4. The van der Waals surface area contributed by atoms with Gasteiger partial charge in [-0.05, 0) is 67.9 Å². The number of alkyl halides is 3. The molecule has 2 atom stereocenters. The van der Waals surface area contributed by atoms with Crippen molar-refractivity contribution in [3.63, 3.8) is 0 Å². The summed E-state index contributed by atoms with van der Waals surface area (Å²) >= 11 is 0.794. The van der Waals surface area contributed by atoms with Crippen molar-refractivity contribution in [1.82, 2.24) is 19.8 Å². The van der Waals surface area contributed by atoms with Gasteiger partial charge in [0.05, 0.1) is 27.3 Å². The molecule has 46 heavy (non-hydrogen) atoms. The standard InChI is InChI=1S/C30H31F3N6O5S2/c31-30(32,33)21-12-34-28(36-25(21)23-11-24-26(45-23)27(40)37(16-3-4-16)7-8-46(24,43)44)35-22-6-5-17(10-20(22)15-1-2-15)38-13-19-9-18(38)14-39(19)29(41)42/h5-6,10-12,15-16,18-19,43-44H,1-4,7-9,13-14H2,(H,41,42)(H,34,35,36)/t18-,19-/m1/s1. The van der Waals surface area contributed by atoms with Crippen molar-refractivity contribution in [1.29, 1.82) is 0 Å². The molecular formula is C30H31F3N6O5S2. The smallest absolute Gasteiger partial charge is 0.420 e. The van der Waals surface area contributed by atoms with E-state index < -0.39 is 40.0 Å². The number of carboxylic acid groups (broad SMARTS) is 1. The number of hydrogen-bond acceptors (Lipinski definition) is 9. The zero-order valence-electron chi connectivity index (χ0n) is 24.4. The fourth-order valence-corrected chi connectivity index (χ4v) is 9.91. The van der Waals surface area contributed by atoms with Crippen LogP contribution in [0.15, 0.2) is 35.4 Å². The Morgan fingerprint density at radius 3 is 2.48 bits per heavy atom. The molecule has 2 saturated heterocycles. The molecule has 2 saturated carbocycles. The van der Waals surface area contributed by atoms with Crippen LogP contribution in [0.5, 0.6) is 0 Å². The SMILES string of the molecule is O=C1c2sc(-c3nc(Nc4ccc(N5C[C@H]6C[C@@H]5CN6C(=O)O)cc4C4CC4)ncc3C(F)(F)F)cc2S(O)(O)CCN1C1CC1. The minimum absolute atomic E-state index is 0.00556. The number of anilines is 3. The number of thiophene rings is 1. The van der Waals surface area contributed by atoms with Crippen LogP contribution in [-0.2, 0) is 6.18 Å². The Hall–Kier alpha value is -3.60. The number of halogens is 3. The molecule has 11 nitrogen and oxygen atoms in total. The highest BCUT2D eigenvalue weighted by Gasteiger charge is 2.46. The van der Waals surface area contributed by atoms with Crippen molar-refractivity contribution in [2.24, 2.45) is 0 Å². The van der Waals surface area contributed by atoms with Crippen molar-refractivity contribution < 1.29 is 37.0 Å². The average molecular weight is 677 g/mol. The van der Waals surface area contributed by atoms with Gasteiger partial charge in [-0.2, -0.15) is 23.8 Å². The van der Waals surface area contributed by atoms with E-state index in [9.17, 15) is 37.0 Å². The minimum Gasteiger partial charge on any atom is -0.465 e. The van der Waals surface area contributed by atoms with Gasteiger partial charge in [0, 0.05) is 49.3 Å². The van der Waals surface area contributed by atoms with E-state index in [0.29, 0.717) is 25.0 Å². The van der Waals surface area contributed by atoms with Gasteiger partial charge in [-0.15, -0.1) is 11.3 Å². The van der Waals surface area contributed by atoms with Crippen molar-refractivity contribution >= 4 is 51.3 Å². The Morgan fingerprint density at radius 1 is 1.04 bits per heavy atom. The summed E-state index contributed by atoms with van der Waals surface area (Å²) < 4.78 is 64.6. The van der Waals surface area contributed by atoms with Crippen LogP contribution in [0.25, 0.3) is 10.6 Å². The highest BCUT2D eigenvalue weighted by Crippen LogP contribution is 2.56. The van der Waals surface area contributed by atoms with Crippen LogP contribution in [-0.4, -0.2) is 89.5 Å². The molecule has 1 aromatic carbocycles. The molecule has 8 rings (SSSR count). The molecule has 2 amide bonds. The number of aromatic nitrogens is 2. The molecule has 5 aliphatic rings. The predicted octanol–water partition coefficient (Wildman–Crippen LogP) is 6.51. The molecule has 2 aliphatic carbocycles. The van der Waals surface area contributed by atoms with Gasteiger partial charge in [0.1, 0.15) is 10.4 Å². The first-order valence-corrected chi connectivity index (χ1v) is 17.7. The van der Waals surface area contributed by atoms with E-state index in [2.05, 4.69) is 26.3 Å². The van der Waals surface area contributed by atoms with E-state index >= 15 is 0 Å². The number of piperazine rings is 1. The first-order chi connectivity index (χ1) is 21.9. The Labute approximate surface area is 267 Å². The number of fused-ring (bicyclic) bond motifs is 3. The van der Waals surface area contributed by atoms with Crippen LogP contribution in [0.2, 0.25) is 0 Å². The summed E-state index contributed by atoms with van der Waals surface area (Å²) in [6, 6.07) is 7.16. The van der Waals surface area contributed by atoms with Gasteiger partial charge in [0.15, 0.2) is 0 Å². The number of amides is 2. The predicted molar refractivity (Wildman–Crippen MR) is 166 cm³/mol. The first kappa shape index (κ1) is 29.8. The summed E-state index contributed by atoms with van der Waals surface area (Å²) in [7, 11) is -3.40. The van der Waals surface area contributed by atoms with Crippen molar-refractivity contribution in [3.05, 3.63) is 46.5 Å². The highest BCUT2D eigenvalue weighted by molar-refractivity contribution is 8.24. The third-order valence-corrected chi connectivity index (χ3v) is 12.6. The summed E-state index contributed by atoms with van der Waals surface area (Å²) in [5.74, 6) is -0.262. The van der Waals surface area contributed by atoms with Crippen LogP contribution >= 0.6 is 21.9 Å². The van der Waals surface area contributed by atoms with Crippen molar-refractivity contribution in [3.8, 4) is 10.6 Å². The van der Waals surface area contributed by atoms with Crippen LogP contribution in [0.4, 0.5) is 35.3 Å². The Balaban J connectivity index is 1.12. The van der Waals surface area contributed by atoms with E-state index in [4.69, 9.17) is 0 Å². The van der Waals surface area contributed by atoms with Crippen LogP contribution in [0.1, 0.15) is 58.8 Å². The fourth-order valence-electron chi connectivity index (χ4n) is 6.94. The maximum Gasteiger partial charge on any atom is 0.420 e. The van der Waals surface area contributed by atoms with Crippen molar-refractivity contribution in [2.45, 2.75) is 67.2 Å². The summed E-state index contributed by atoms with van der Waals surface area (Å²) in [6.45, 7) is 1.24. The Bertz CT molecular complexity index is 1760. The molecule has 4 fully saturated rings. The highest BCUT2D eigenvalue weighted by atomic mass is 32.3. The number of carbonyl (C=O) groups is 2. The van der Waals surface area contributed by atoms with Gasteiger partial charge in [0.2, 0.25) is 5.95 Å². The molecule has 2 bridgehead atoms. The average Bonchev–Trinajstić information content (AvgIpc) is 3.91. The van der Waals surface area contributed by atoms with E-state index in [1.165, 1.54) is 11.0 Å². The van der Waals surface area contributed by atoms with Gasteiger partial charge in [-0.25, -0.2) is 14.8 Å². The molecule has 2 aromatic heterocycles. The lowest BCUT2D eigenvalue weighted by atomic mass is 10.1. The summed E-state index contributed by atoms with van der Waals surface area (Å²) in [4.78, 5) is 38.6. The maximum atomic E-state index is 14.2. The number of carbonyl (C=O) groups excluding carboxylic acids is 1. The van der Waals surface area contributed by atoms with Crippen LogP contribution in [0, 0.1) is 0 Å². The quantitative estimate of drug-likeness (QED) is 0.230. The number of rotatable bonds is 6. The molecule has 244 valence electrons. The zero-order valence-corrected chi connectivity index (χ0v) is 26.0. The van der Waals surface area contributed by atoms with E-state index in [1.807, 2.05) is 12.1 Å².